The molecule has 3 aromatic rings. The topological polar surface area (TPSA) is 63.6 Å². The van der Waals surface area contributed by atoms with E-state index >= 15 is 0 Å². The Hall–Kier alpha value is -2.37. The lowest BCUT2D eigenvalue weighted by Gasteiger charge is -2.35. The first kappa shape index (κ1) is 26.2. The lowest BCUT2D eigenvalue weighted by molar-refractivity contribution is 0.0488. The Kier molecular flexibility index (Phi) is 9.15. The number of hydrogen-bond donors (Lipinski definition) is 1. The van der Waals surface area contributed by atoms with Crippen LogP contribution in [0.25, 0.3) is 10.8 Å². The standard InChI is InChI=1S/C29H38O4S/c1-4-7-14-23-15-10-13-18-26(23)29(21-8-5-2,22-9-6-3)33-34(31,32)28-20-19-27(30)24-16-11-12-17-25(24)28/h10-13,15-20,30H,4-9,14,21-22H2,1-3H3. The molecule has 4 nitrogen and oxygen atoms in total. The van der Waals surface area contributed by atoms with E-state index in [0.717, 1.165) is 50.5 Å². The van der Waals surface area contributed by atoms with E-state index in [4.69, 9.17) is 4.18 Å². The summed E-state index contributed by atoms with van der Waals surface area (Å²) >= 11 is 0. The molecule has 0 aliphatic heterocycles. The smallest absolute Gasteiger partial charge is 0.298 e. The van der Waals surface area contributed by atoms with Crippen LogP contribution in [0.15, 0.2) is 65.6 Å². The SMILES string of the molecule is CCCCc1ccccc1C(CCCC)(CCCC)OS(=O)(=O)c1ccc(O)c2ccccc12. The molecular weight excluding hydrogens is 444 g/mol. The molecule has 0 aliphatic rings. The highest BCUT2D eigenvalue weighted by molar-refractivity contribution is 7.87. The molecule has 3 aromatic carbocycles. The predicted molar refractivity (Wildman–Crippen MR) is 140 cm³/mol. The summed E-state index contributed by atoms with van der Waals surface area (Å²) in [5.74, 6) is 0.0580. The highest BCUT2D eigenvalue weighted by Crippen LogP contribution is 2.43. The Morgan fingerprint density at radius 3 is 2.00 bits per heavy atom. The third kappa shape index (κ3) is 5.81. The summed E-state index contributed by atoms with van der Waals surface area (Å²) in [6.07, 6.45) is 7.96. The predicted octanol–water partition coefficient (Wildman–Crippen LogP) is 7.87. The minimum atomic E-state index is -4.12. The third-order valence-corrected chi connectivity index (χ3v) is 8.01. The molecule has 0 bridgehead atoms. The minimum absolute atomic E-state index is 0.0580. The van der Waals surface area contributed by atoms with Gasteiger partial charge >= 0.3 is 0 Å². The van der Waals surface area contributed by atoms with Gasteiger partial charge in [-0.3, -0.25) is 4.18 Å². The quantitative estimate of drug-likeness (QED) is 0.252. The number of phenolic OH excluding ortho intramolecular Hbond substituents is 1. The molecule has 184 valence electrons. The Morgan fingerprint density at radius 2 is 1.35 bits per heavy atom. The molecule has 0 radical (unpaired) electrons. The first-order valence-corrected chi connectivity index (χ1v) is 14.0. The second kappa shape index (κ2) is 11.9. The molecule has 1 N–H and O–H groups in total. The largest absolute Gasteiger partial charge is 0.507 e. The highest BCUT2D eigenvalue weighted by atomic mass is 32.2. The fraction of sp³-hybridized carbons (Fsp3) is 0.448. The summed E-state index contributed by atoms with van der Waals surface area (Å²) in [4.78, 5) is 0.101. The zero-order valence-corrected chi connectivity index (χ0v) is 21.5. The van der Waals surface area contributed by atoms with E-state index in [-0.39, 0.29) is 10.6 Å². The van der Waals surface area contributed by atoms with Crippen molar-refractivity contribution in [2.75, 3.05) is 0 Å². The molecule has 0 heterocycles. The molecule has 3 rings (SSSR count). The number of aromatic hydroxyl groups is 1. The van der Waals surface area contributed by atoms with Gasteiger partial charge in [-0.05, 0) is 48.9 Å². The molecule has 0 saturated heterocycles. The fourth-order valence-corrected chi connectivity index (χ4v) is 6.17. The van der Waals surface area contributed by atoms with Gasteiger partial charge in [0.05, 0.1) is 0 Å². The van der Waals surface area contributed by atoms with Crippen molar-refractivity contribution in [2.24, 2.45) is 0 Å². The zero-order valence-electron chi connectivity index (χ0n) is 20.7. The second-order valence-electron chi connectivity index (χ2n) is 9.13. The van der Waals surface area contributed by atoms with E-state index < -0.39 is 15.7 Å². The van der Waals surface area contributed by atoms with Crippen molar-refractivity contribution < 1.29 is 17.7 Å². The van der Waals surface area contributed by atoms with Gasteiger partial charge in [0.1, 0.15) is 16.2 Å². The molecule has 0 spiro atoms. The average Bonchev–Trinajstić information content (AvgIpc) is 2.84. The molecule has 0 aromatic heterocycles. The Bertz CT molecular complexity index is 1180. The minimum Gasteiger partial charge on any atom is -0.507 e. The van der Waals surface area contributed by atoms with Crippen LogP contribution in [-0.4, -0.2) is 13.5 Å². The zero-order chi connectivity index (χ0) is 24.6. The van der Waals surface area contributed by atoms with E-state index in [1.165, 1.54) is 17.7 Å². The van der Waals surface area contributed by atoms with Gasteiger partial charge in [-0.15, -0.1) is 0 Å². The summed E-state index contributed by atoms with van der Waals surface area (Å²) in [7, 11) is -4.12. The molecule has 0 fully saturated rings. The van der Waals surface area contributed by atoms with Crippen LogP contribution in [0.1, 0.15) is 83.3 Å². The van der Waals surface area contributed by atoms with Crippen LogP contribution in [0.2, 0.25) is 0 Å². The normalized spacial score (nSPS) is 12.3. The highest BCUT2D eigenvalue weighted by Gasteiger charge is 2.40. The van der Waals surface area contributed by atoms with Gasteiger partial charge in [-0.1, -0.05) is 101 Å². The maximum atomic E-state index is 13.9. The molecular formula is C29H38O4S. The number of unbranched alkanes of at least 4 members (excludes halogenated alkanes) is 3. The molecule has 0 aliphatic carbocycles. The second-order valence-corrected chi connectivity index (χ2v) is 10.6. The van der Waals surface area contributed by atoms with Crippen LogP contribution in [0.4, 0.5) is 0 Å². The number of aryl methyl sites for hydroxylation is 1. The molecule has 0 atom stereocenters. The fourth-order valence-electron chi connectivity index (χ4n) is 4.73. The van der Waals surface area contributed by atoms with E-state index in [0.29, 0.717) is 23.6 Å². The first-order chi connectivity index (χ1) is 16.4. The maximum Gasteiger partial charge on any atom is 0.298 e. The van der Waals surface area contributed by atoms with Crippen LogP contribution in [-0.2, 0) is 26.3 Å². The molecule has 0 saturated carbocycles. The Morgan fingerprint density at radius 1 is 0.765 bits per heavy atom. The molecule has 0 amide bonds. The third-order valence-electron chi connectivity index (χ3n) is 6.58. The number of rotatable bonds is 13. The van der Waals surface area contributed by atoms with E-state index in [2.05, 4.69) is 32.9 Å². The number of fused-ring (bicyclic) bond motifs is 1. The van der Waals surface area contributed by atoms with Gasteiger partial charge in [0.15, 0.2) is 0 Å². The van der Waals surface area contributed by atoms with Crippen LogP contribution in [0.3, 0.4) is 0 Å². The lowest BCUT2D eigenvalue weighted by atomic mass is 9.81. The molecule has 34 heavy (non-hydrogen) atoms. The summed E-state index contributed by atoms with van der Waals surface area (Å²) in [5.41, 5.74) is 1.24. The van der Waals surface area contributed by atoms with Crippen LogP contribution >= 0.6 is 0 Å². The van der Waals surface area contributed by atoms with Gasteiger partial charge in [0.2, 0.25) is 0 Å². The van der Waals surface area contributed by atoms with Gasteiger partial charge in [0.25, 0.3) is 10.1 Å². The van der Waals surface area contributed by atoms with Crippen molar-refractivity contribution in [2.45, 2.75) is 89.1 Å². The molecule has 5 heteroatoms. The van der Waals surface area contributed by atoms with Crippen molar-refractivity contribution in [3.05, 3.63) is 71.8 Å². The van der Waals surface area contributed by atoms with Gasteiger partial charge in [-0.25, -0.2) is 0 Å². The van der Waals surface area contributed by atoms with E-state index in [1.807, 2.05) is 12.1 Å². The summed E-state index contributed by atoms with van der Waals surface area (Å²) in [5, 5.41) is 11.3. The van der Waals surface area contributed by atoms with Gasteiger partial charge in [0, 0.05) is 10.8 Å². The summed E-state index contributed by atoms with van der Waals surface area (Å²) < 4.78 is 34.1. The van der Waals surface area contributed by atoms with Crippen molar-refractivity contribution in [1.82, 2.24) is 0 Å². The Balaban J connectivity index is 2.17. The summed E-state index contributed by atoms with van der Waals surface area (Å²) in [6.45, 7) is 6.41. The van der Waals surface area contributed by atoms with Crippen molar-refractivity contribution in [3.63, 3.8) is 0 Å². The van der Waals surface area contributed by atoms with Crippen molar-refractivity contribution in [1.29, 1.82) is 0 Å². The Labute approximate surface area is 205 Å². The summed E-state index contributed by atoms with van der Waals surface area (Å²) in [6, 6.07) is 18.1. The monoisotopic (exact) mass is 482 g/mol. The van der Waals surface area contributed by atoms with Gasteiger partial charge in [-0.2, -0.15) is 8.42 Å². The van der Waals surface area contributed by atoms with Crippen molar-refractivity contribution >= 4 is 20.9 Å². The van der Waals surface area contributed by atoms with Crippen LogP contribution < -0.4 is 0 Å². The van der Waals surface area contributed by atoms with E-state index in [1.54, 1.807) is 24.3 Å². The van der Waals surface area contributed by atoms with Crippen molar-refractivity contribution in [3.8, 4) is 5.75 Å². The lowest BCUT2D eigenvalue weighted by Crippen LogP contribution is -2.34. The van der Waals surface area contributed by atoms with Gasteiger partial charge < -0.3 is 5.11 Å². The maximum absolute atomic E-state index is 13.9. The van der Waals surface area contributed by atoms with E-state index in [9.17, 15) is 13.5 Å². The van der Waals surface area contributed by atoms with Crippen LogP contribution in [0, 0.1) is 0 Å². The number of benzene rings is 3. The average molecular weight is 483 g/mol. The number of phenols is 1. The number of hydrogen-bond acceptors (Lipinski definition) is 4. The van der Waals surface area contributed by atoms with Crippen LogP contribution in [0.5, 0.6) is 5.75 Å². The molecule has 0 unspecified atom stereocenters. The first-order valence-electron chi connectivity index (χ1n) is 12.6.